The summed E-state index contributed by atoms with van der Waals surface area (Å²) in [4.78, 5) is 0. The number of hydrogen-bond acceptors (Lipinski definition) is 3. The van der Waals surface area contributed by atoms with Crippen LogP contribution >= 0.6 is 15.9 Å². The van der Waals surface area contributed by atoms with E-state index in [1.165, 1.54) is 6.07 Å². The highest BCUT2D eigenvalue weighted by atomic mass is 79.9. The largest absolute Gasteiger partial charge is 0.484 e. The van der Waals surface area contributed by atoms with Crippen LogP contribution in [0.25, 0.3) is 0 Å². The molecular formula is C12H15BrFNO2. The van der Waals surface area contributed by atoms with Gasteiger partial charge < -0.3 is 15.2 Å². The molecule has 0 radical (unpaired) electrons. The number of rotatable bonds is 4. The summed E-state index contributed by atoms with van der Waals surface area (Å²) < 4.78 is 25.3. The molecule has 3 unspecified atom stereocenters. The van der Waals surface area contributed by atoms with Crippen LogP contribution < -0.4 is 10.5 Å². The normalized spacial score (nSPS) is 27.6. The third-order valence-electron chi connectivity index (χ3n) is 2.82. The van der Waals surface area contributed by atoms with Crippen molar-refractivity contribution in [1.82, 2.24) is 0 Å². The Labute approximate surface area is 108 Å². The van der Waals surface area contributed by atoms with Gasteiger partial charge in [-0.2, -0.15) is 0 Å². The number of benzene rings is 1. The molecule has 1 aromatic rings. The van der Waals surface area contributed by atoms with Crippen molar-refractivity contribution in [2.45, 2.75) is 31.6 Å². The highest BCUT2D eigenvalue weighted by Gasteiger charge is 2.41. The topological polar surface area (TPSA) is 44.5 Å². The number of nitrogens with two attached hydrogens (primary N) is 1. The SMILES string of the molecule is CCOC1C(N)CC1Oc1cc(Br)ccc1F. The summed E-state index contributed by atoms with van der Waals surface area (Å²) in [5.41, 5.74) is 5.81. The van der Waals surface area contributed by atoms with Crippen molar-refractivity contribution < 1.29 is 13.9 Å². The Bertz CT molecular complexity index is 402. The molecule has 0 heterocycles. The molecule has 1 saturated carbocycles. The lowest BCUT2D eigenvalue weighted by Gasteiger charge is -2.41. The summed E-state index contributed by atoms with van der Waals surface area (Å²) in [5, 5.41) is 0. The minimum Gasteiger partial charge on any atom is -0.484 e. The minimum absolute atomic E-state index is 0.0184. The van der Waals surface area contributed by atoms with Crippen molar-refractivity contribution in [3.8, 4) is 5.75 Å². The zero-order valence-electron chi connectivity index (χ0n) is 9.53. The molecule has 3 atom stereocenters. The summed E-state index contributed by atoms with van der Waals surface area (Å²) in [6.45, 7) is 2.49. The van der Waals surface area contributed by atoms with Gasteiger partial charge in [-0.25, -0.2) is 4.39 Å². The van der Waals surface area contributed by atoms with Gasteiger partial charge in [0.15, 0.2) is 11.6 Å². The van der Waals surface area contributed by atoms with Gasteiger partial charge in [-0.1, -0.05) is 15.9 Å². The molecule has 0 aliphatic heterocycles. The summed E-state index contributed by atoms with van der Waals surface area (Å²) in [6.07, 6.45) is 0.392. The molecule has 1 aromatic carbocycles. The zero-order valence-corrected chi connectivity index (χ0v) is 11.1. The molecule has 0 aromatic heterocycles. The molecule has 3 nitrogen and oxygen atoms in total. The second-order valence-electron chi connectivity index (χ2n) is 4.05. The van der Waals surface area contributed by atoms with Crippen LogP contribution in [0.5, 0.6) is 5.75 Å². The van der Waals surface area contributed by atoms with Crippen LogP contribution in [0.1, 0.15) is 13.3 Å². The van der Waals surface area contributed by atoms with Crippen molar-refractivity contribution in [2.75, 3.05) is 6.61 Å². The third kappa shape index (κ3) is 2.78. The highest BCUT2D eigenvalue weighted by molar-refractivity contribution is 9.10. The van der Waals surface area contributed by atoms with E-state index in [1.807, 2.05) is 6.92 Å². The van der Waals surface area contributed by atoms with Crippen molar-refractivity contribution >= 4 is 15.9 Å². The summed E-state index contributed by atoms with van der Waals surface area (Å²) in [7, 11) is 0. The van der Waals surface area contributed by atoms with Gasteiger partial charge in [-0.05, 0) is 25.1 Å². The average molecular weight is 304 g/mol. The maximum Gasteiger partial charge on any atom is 0.165 e. The summed E-state index contributed by atoms with van der Waals surface area (Å²) in [6, 6.07) is 4.60. The van der Waals surface area contributed by atoms with E-state index in [-0.39, 0.29) is 29.8 Å². The summed E-state index contributed by atoms with van der Waals surface area (Å²) >= 11 is 3.28. The predicted octanol–water partition coefficient (Wildman–Crippen LogP) is 2.47. The molecule has 1 fully saturated rings. The first-order valence-corrected chi connectivity index (χ1v) is 6.40. The Hall–Kier alpha value is -0.650. The van der Waals surface area contributed by atoms with E-state index in [4.69, 9.17) is 15.2 Å². The van der Waals surface area contributed by atoms with E-state index in [9.17, 15) is 4.39 Å². The van der Waals surface area contributed by atoms with Crippen molar-refractivity contribution in [3.05, 3.63) is 28.5 Å². The van der Waals surface area contributed by atoms with Gasteiger partial charge in [0.25, 0.3) is 0 Å². The molecule has 1 aliphatic carbocycles. The fourth-order valence-corrected chi connectivity index (χ4v) is 2.23. The Kier molecular flexibility index (Phi) is 4.01. The van der Waals surface area contributed by atoms with Gasteiger partial charge in [0.1, 0.15) is 12.2 Å². The molecule has 2 rings (SSSR count). The van der Waals surface area contributed by atoms with Crippen LogP contribution in [0.2, 0.25) is 0 Å². The van der Waals surface area contributed by atoms with Crippen LogP contribution in [0, 0.1) is 5.82 Å². The van der Waals surface area contributed by atoms with E-state index in [0.717, 1.165) is 4.47 Å². The second-order valence-corrected chi connectivity index (χ2v) is 4.97. The van der Waals surface area contributed by atoms with Crippen LogP contribution in [0.3, 0.4) is 0 Å². The quantitative estimate of drug-likeness (QED) is 0.929. The first-order valence-electron chi connectivity index (χ1n) is 5.60. The monoisotopic (exact) mass is 303 g/mol. The molecule has 5 heteroatoms. The Morgan fingerprint density at radius 1 is 1.53 bits per heavy atom. The van der Waals surface area contributed by atoms with Crippen molar-refractivity contribution in [2.24, 2.45) is 5.73 Å². The lowest BCUT2D eigenvalue weighted by molar-refractivity contribution is -0.0955. The maximum absolute atomic E-state index is 13.5. The molecule has 94 valence electrons. The third-order valence-corrected chi connectivity index (χ3v) is 3.32. The van der Waals surface area contributed by atoms with Gasteiger partial charge in [-0.15, -0.1) is 0 Å². The van der Waals surface area contributed by atoms with E-state index >= 15 is 0 Å². The minimum atomic E-state index is -0.371. The fraction of sp³-hybridized carbons (Fsp3) is 0.500. The van der Waals surface area contributed by atoms with Crippen molar-refractivity contribution in [1.29, 1.82) is 0 Å². The molecule has 17 heavy (non-hydrogen) atoms. The van der Waals surface area contributed by atoms with E-state index in [2.05, 4.69) is 15.9 Å². The molecule has 0 saturated heterocycles. The van der Waals surface area contributed by atoms with Gasteiger partial charge in [0.2, 0.25) is 0 Å². The van der Waals surface area contributed by atoms with E-state index in [1.54, 1.807) is 12.1 Å². The average Bonchev–Trinajstić information content (AvgIpc) is 2.30. The first kappa shape index (κ1) is 12.8. The van der Waals surface area contributed by atoms with Crippen LogP contribution in [0.15, 0.2) is 22.7 Å². The predicted molar refractivity (Wildman–Crippen MR) is 66.5 cm³/mol. The van der Waals surface area contributed by atoms with E-state index < -0.39 is 0 Å². The number of ether oxygens (including phenoxy) is 2. The van der Waals surface area contributed by atoms with E-state index in [0.29, 0.717) is 13.0 Å². The van der Waals surface area contributed by atoms with Gasteiger partial charge in [0, 0.05) is 23.5 Å². The zero-order chi connectivity index (χ0) is 12.4. The van der Waals surface area contributed by atoms with Gasteiger partial charge >= 0.3 is 0 Å². The molecule has 1 aliphatic rings. The number of halogens is 2. The number of hydrogen-bond donors (Lipinski definition) is 1. The fourth-order valence-electron chi connectivity index (χ4n) is 1.89. The van der Waals surface area contributed by atoms with Crippen molar-refractivity contribution in [3.63, 3.8) is 0 Å². The standard InChI is InChI=1S/C12H15BrFNO2/c1-2-16-12-9(15)6-11(12)17-10-5-7(13)3-4-8(10)14/h3-5,9,11-12H,2,6,15H2,1H3. The Morgan fingerprint density at radius 3 is 2.94 bits per heavy atom. The van der Waals surface area contributed by atoms with Gasteiger partial charge in [-0.3, -0.25) is 0 Å². The summed E-state index contributed by atoms with van der Waals surface area (Å²) in [5.74, 6) is -0.134. The first-order chi connectivity index (χ1) is 8.11. The van der Waals surface area contributed by atoms with Crippen LogP contribution in [-0.4, -0.2) is 24.9 Å². The molecule has 0 bridgehead atoms. The smallest absolute Gasteiger partial charge is 0.165 e. The Morgan fingerprint density at radius 2 is 2.29 bits per heavy atom. The molecule has 2 N–H and O–H groups in total. The Balaban J connectivity index is 2.03. The highest BCUT2D eigenvalue weighted by Crippen LogP contribution is 2.30. The lowest BCUT2D eigenvalue weighted by atomic mass is 9.86. The molecule has 0 spiro atoms. The molecular weight excluding hydrogens is 289 g/mol. The second kappa shape index (κ2) is 5.33. The molecule has 0 amide bonds. The van der Waals surface area contributed by atoms with Crippen LogP contribution in [-0.2, 0) is 4.74 Å². The maximum atomic E-state index is 13.5. The lowest BCUT2D eigenvalue weighted by Crippen LogP contribution is -2.59. The van der Waals surface area contributed by atoms with Crippen LogP contribution in [0.4, 0.5) is 4.39 Å². The van der Waals surface area contributed by atoms with Gasteiger partial charge in [0.05, 0.1) is 0 Å².